The number of nitrogens with one attached hydrogen (secondary N) is 1. The third-order valence-electron chi connectivity index (χ3n) is 2.75. The number of rotatable bonds is 4. The lowest BCUT2D eigenvalue weighted by Crippen LogP contribution is -1.98. The van der Waals surface area contributed by atoms with Crippen molar-refractivity contribution in [2.24, 2.45) is 0 Å². The fraction of sp³-hybridized carbons (Fsp3) is 0.333. The van der Waals surface area contributed by atoms with Crippen molar-refractivity contribution >= 4 is 5.69 Å². The van der Waals surface area contributed by atoms with E-state index in [2.05, 4.69) is 15.2 Å². The Hall–Kier alpha value is -2.04. The molecule has 0 saturated heterocycles. The predicted molar refractivity (Wildman–Crippen MR) is 63.5 cm³/mol. The molecule has 2 aromatic rings. The van der Waals surface area contributed by atoms with E-state index >= 15 is 0 Å². The Labute approximate surface area is 99.0 Å². The Morgan fingerprint density at radius 2 is 2.06 bits per heavy atom. The molecular weight excluding hydrogens is 216 g/mol. The van der Waals surface area contributed by atoms with Gasteiger partial charge < -0.3 is 10.5 Å². The third kappa shape index (κ3) is 2.38. The molecule has 0 atom stereocenters. The lowest BCUT2D eigenvalue weighted by Gasteiger charge is -2.03. The second kappa shape index (κ2) is 4.08. The average molecular weight is 230 g/mol. The largest absolute Gasteiger partial charge is 0.486 e. The number of nitrogens with zero attached hydrogens (tertiary/aromatic N) is 2. The lowest BCUT2D eigenvalue weighted by atomic mass is 10.3. The molecule has 1 aromatic heterocycles. The van der Waals surface area contributed by atoms with Crippen LogP contribution in [0.15, 0.2) is 24.3 Å². The molecular formula is C12H14N4O. The Morgan fingerprint density at radius 1 is 1.29 bits per heavy atom. The minimum absolute atomic E-state index is 0.406. The fourth-order valence-electron chi connectivity index (χ4n) is 1.61. The summed E-state index contributed by atoms with van der Waals surface area (Å²) >= 11 is 0. The fourth-order valence-corrected chi connectivity index (χ4v) is 1.61. The number of nitrogen functional groups attached to an aromatic ring is 1. The van der Waals surface area contributed by atoms with Crippen molar-refractivity contribution in [3.05, 3.63) is 35.9 Å². The topological polar surface area (TPSA) is 76.8 Å². The van der Waals surface area contributed by atoms with Crippen LogP contribution in [0.2, 0.25) is 0 Å². The van der Waals surface area contributed by atoms with Crippen LogP contribution in [0.4, 0.5) is 5.69 Å². The molecule has 0 amide bonds. The van der Waals surface area contributed by atoms with E-state index in [0.717, 1.165) is 23.1 Å². The van der Waals surface area contributed by atoms with Crippen molar-refractivity contribution in [2.45, 2.75) is 25.4 Å². The molecule has 0 bridgehead atoms. The summed E-state index contributed by atoms with van der Waals surface area (Å²) in [4.78, 5) is 4.39. The van der Waals surface area contributed by atoms with Gasteiger partial charge in [0.05, 0.1) is 0 Å². The maximum Gasteiger partial charge on any atom is 0.162 e. The summed E-state index contributed by atoms with van der Waals surface area (Å²) in [5.74, 6) is 3.03. The highest BCUT2D eigenvalue weighted by molar-refractivity contribution is 5.41. The molecule has 17 heavy (non-hydrogen) atoms. The van der Waals surface area contributed by atoms with E-state index in [1.54, 1.807) is 0 Å². The number of hydrogen-bond donors (Lipinski definition) is 2. The van der Waals surface area contributed by atoms with E-state index in [9.17, 15) is 0 Å². The first kappa shape index (κ1) is 10.1. The molecule has 1 aliphatic carbocycles. The van der Waals surface area contributed by atoms with E-state index < -0.39 is 0 Å². The number of hydrogen-bond acceptors (Lipinski definition) is 4. The van der Waals surface area contributed by atoms with Gasteiger partial charge in [0.25, 0.3) is 0 Å². The van der Waals surface area contributed by atoms with Crippen LogP contribution in [-0.4, -0.2) is 15.2 Å². The van der Waals surface area contributed by atoms with Gasteiger partial charge in [0.1, 0.15) is 12.4 Å². The van der Waals surface area contributed by atoms with Crippen LogP contribution in [0.1, 0.15) is 30.4 Å². The van der Waals surface area contributed by atoms with Crippen LogP contribution in [0.3, 0.4) is 0 Å². The zero-order valence-electron chi connectivity index (χ0n) is 9.39. The molecule has 1 heterocycles. The standard InChI is InChI=1S/C12H14N4O/c13-9-3-5-10(6-4-9)17-7-11-14-12(16-15-11)8-1-2-8/h3-6,8H,1-2,7,13H2,(H,14,15,16). The molecule has 1 fully saturated rings. The number of benzene rings is 1. The number of H-pyrrole nitrogens is 1. The molecule has 5 nitrogen and oxygen atoms in total. The summed E-state index contributed by atoms with van der Waals surface area (Å²) < 4.78 is 5.57. The van der Waals surface area contributed by atoms with Gasteiger partial charge in [-0.2, -0.15) is 5.10 Å². The number of ether oxygens (including phenoxy) is 1. The number of aromatic amines is 1. The SMILES string of the molecule is Nc1ccc(OCc2nc(C3CC3)n[nH]2)cc1. The van der Waals surface area contributed by atoms with Gasteiger partial charge in [0.2, 0.25) is 0 Å². The molecule has 0 spiro atoms. The summed E-state index contributed by atoms with van der Waals surface area (Å²) in [5, 5.41) is 7.07. The Kier molecular flexibility index (Phi) is 2.44. The van der Waals surface area contributed by atoms with Gasteiger partial charge in [-0.1, -0.05) is 0 Å². The predicted octanol–water partition coefficient (Wildman–Crippen LogP) is 1.84. The molecule has 1 aromatic carbocycles. The Balaban J connectivity index is 1.60. The van der Waals surface area contributed by atoms with E-state index in [1.165, 1.54) is 12.8 Å². The van der Waals surface area contributed by atoms with Crippen LogP contribution in [0.25, 0.3) is 0 Å². The summed E-state index contributed by atoms with van der Waals surface area (Å²) in [6, 6.07) is 7.30. The van der Waals surface area contributed by atoms with Crippen molar-refractivity contribution in [2.75, 3.05) is 5.73 Å². The Morgan fingerprint density at radius 3 is 2.76 bits per heavy atom. The van der Waals surface area contributed by atoms with E-state index in [1.807, 2.05) is 24.3 Å². The summed E-state index contributed by atoms with van der Waals surface area (Å²) in [7, 11) is 0. The molecule has 5 heteroatoms. The minimum atomic E-state index is 0.406. The molecule has 0 unspecified atom stereocenters. The second-order valence-electron chi connectivity index (χ2n) is 4.27. The lowest BCUT2D eigenvalue weighted by molar-refractivity contribution is 0.296. The van der Waals surface area contributed by atoms with E-state index in [4.69, 9.17) is 10.5 Å². The summed E-state index contributed by atoms with van der Waals surface area (Å²) in [5.41, 5.74) is 6.32. The highest BCUT2D eigenvalue weighted by Crippen LogP contribution is 2.37. The summed E-state index contributed by atoms with van der Waals surface area (Å²) in [6.45, 7) is 0.406. The first-order valence-corrected chi connectivity index (χ1v) is 5.71. The summed E-state index contributed by atoms with van der Waals surface area (Å²) in [6.07, 6.45) is 2.41. The Bertz CT molecular complexity index is 501. The van der Waals surface area contributed by atoms with Gasteiger partial charge in [-0.15, -0.1) is 0 Å². The smallest absolute Gasteiger partial charge is 0.162 e. The molecule has 3 rings (SSSR count). The molecule has 0 radical (unpaired) electrons. The molecule has 1 aliphatic rings. The quantitative estimate of drug-likeness (QED) is 0.786. The second-order valence-corrected chi connectivity index (χ2v) is 4.27. The van der Waals surface area contributed by atoms with Crippen LogP contribution >= 0.6 is 0 Å². The molecule has 0 aliphatic heterocycles. The normalized spacial score (nSPS) is 14.8. The average Bonchev–Trinajstić information content (AvgIpc) is 3.09. The maximum absolute atomic E-state index is 5.59. The van der Waals surface area contributed by atoms with Crippen molar-refractivity contribution in [1.82, 2.24) is 15.2 Å². The first-order chi connectivity index (χ1) is 8.31. The molecule has 3 N–H and O–H groups in total. The van der Waals surface area contributed by atoms with E-state index in [0.29, 0.717) is 12.5 Å². The first-order valence-electron chi connectivity index (χ1n) is 5.71. The van der Waals surface area contributed by atoms with Crippen LogP contribution in [0, 0.1) is 0 Å². The number of aromatic nitrogens is 3. The zero-order chi connectivity index (χ0) is 11.7. The van der Waals surface area contributed by atoms with Crippen molar-refractivity contribution < 1.29 is 4.74 Å². The monoisotopic (exact) mass is 230 g/mol. The van der Waals surface area contributed by atoms with Gasteiger partial charge >= 0.3 is 0 Å². The van der Waals surface area contributed by atoms with E-state index in [-0.39, 0.29) is 0 Å². The molecule has 88 valence electrons. The van der Waals surface area contributed by atoms with Gasteiger partial charge in [-0.3, -0.25) is 5.10 Å². The van der Waals surface area contributed by atoms with Gasteiger partial charge in [-0.25, -0.2) is 4.98 Å². The molecule has 1 saturated carbocycles. The van der Waals surface area contributed by atoms with Gasteiger partial charge in [0, 0.05) is 11.6 Å². The van der Waals surface area contributed by atoms with Crippen LogP contribution < -0.4 is 10.5 Å². The zero-order valence-corrected chi connectivity index (χ0v) is 9.39. The minimum Gasteiger partial charge on any atom is -0.486 e. The van der Waals surface area contributed by atoms with Crippen LogP contribution in [0.5, 0.6) is 5.75 Å². The van der Waals surface area contributed by atoms with Crippen LogP contribution in [-0.2, 0) is 6.61 Å². The number of nitrogens with two attached hydrogens (primary N) is 1. The van der Waals surface area contributed by atoms with Gasteiger partial charge in [0.15, 0.2) is 11.6 Å². The van der Waals surface area contributed by atoms with Crippen molar-refractivity contribution in [1.29, 1.82) is 0 Å². The van der Waals surface area contributed by atoms with Gasteiger partial charge in [-0.05, 0) is 37.1 Å². The van der Waals surface area contributed by atoms with Crippen molar-refractivity contribution in [3.63, 3.8) is 0 Å². The third-order valence-corrected chi connectivity index (χ3v) is 2.75. The number of anilines is 1. The highest BCUT2D eigenvalue weighted by atomic mass is 16.5. The maximum atomic E-state index is 5.59. The highest BCUT2D eigenvalue weighted by Gasteiger charge is 2.27. The van der Waals surface area contributed by atoms with Crippen molar-refractivity contribution in [3.8, 4) is 5.75 Å².